The van der Waals surface area contributed by atoms with Crippen LogP contribution in [0.2, 0.25) is 0 Å². The monoisotopic (exact) mass is 249 g/mol. The second-order valence-electron chi connectivity index (χ2n) is 4.82. The molecule has 0 aliphatic heterocycles. The number of rotatable bonds is 6. The molecule has 1 fully saturated rings. The maximum absolute atomic E-state index is 3.62. The van der Waals surface area contributed by atoms with Crippen LogP contribution >= 0.6 is 11.8 Å². The van der Waals surface area contributed by atoms with Gasteiger partial charge in [-0.3, -0.25) is 0 Å². The third-order valence-corrected chi connectivity index (χ3v) is 4.37. The zero-order chi connectivity index (χ0) is 12.1. The van der Waals surface area contributed by atoms with Crippen LogP contribution in [0.4, 0.5) is 0 Å². The van der Waals surface area contributed by atoms with Crippen LogP contribution in [-0.4, -0.2) is 18.6 Å². The SMILES string of the molecule is CCNC(CSC)c1ccccc1C1CCC1. The maximum Gasteiger partial charge on any atom is 0.0414 e. The van der Waals surface area contributed by atoms with Gasteiger partial charge in [0.25, 0.3) is 0 Å². The van der Waals surface area contributed by atoms with Crippen molar-refractivity contribution in [3.8, 4) is 0 Å². The van der Waals surface area contributed by atoms with E-state index < -0.39 is 0 Å². The molecule has 1 aliphatic rings. The Kier molecular flexibility index (Phi) is 4.93. The van der Waals surface area contributed by atoms with Gasteiger partial charge in [-0.15, -0.1) is 0 Å². The molecule has 0 aromatic heterocycles. The molecule has 1 aromatic carbocycles. The van der Waals surface area contributed by atoms with Crippen LogP contribution in [0.3, 0.4) is 0 Å². The van der Waals surface area contributed by atoms with E-state index in [1.165, 1.54) is 24.8 Å². The zero-order valence-corrected chi connectivity index (χ0v) is 11.7. The van der Waals surface area contributed by atoms with Crippen molar-refractivity contribution in [1.82, 2.24) is 5.32 Å². The van der Waals surface area contributed by atoms with Gasteiger partial charge < -0.3 is 5.32 Å². The van der Waals surface area contributed by atoms with Gasteiger partial charge in [-0.2, -0.15) is 11.8 Å². The van der Waals surface area contributed by atoms with Crippen LogP contribution in [0, 0.1) is 0 Å². The molecule has 1 N–H and O–H groups in total. The summed E-state index contributed by atoms with van der Waals surface area (Å²) >= 11 is 1.93. The third kappa shape index (κ3) is 3.05. The van der Waals surface area contributed by atoms with Crippen LogP contribution in [0.1, 0.15) is 49.3 Å². The molecular weight excluding hydrogens is 226 g/mol. The number of hydrogen-bond donors (Lipinski definition) is 1. The van der Waals surface area contributed by atoms with Crippen LogP contribution in [0.25, 0.3) is 0 Å². The first-order valence-corrected chi connectivity index (χ1v) is 8.07. The molecule has 0 heterocycles. The number of hydrogen-bond acceptors (Lipinski definition) is 2. The van der Waals surface area contributed by atoms with Gasteiger partial charge in [-0.05, 0) is 42.7 Å². The van der Waals surface area contributed by atoms with Gasteiger partial charge in [-0.1, -0.05) is 37.6 Å². The topological polar surface area (TPSA) is 12.0 Å². The second-order valence-corrected chi connectivity index (χ2v) is 5.73. The lowest BCUT2D eigenvalue weighted by Gasteiger charge is -2.30. The third-order valence-electron chi connectivity index (χ3n) is 3.70. The fourth-order valence-corrected chi connectivity index (χ4v) is 3.22. The average molecular weight is 249 g/mol. The molecule has 1 atom stereocenters. The van der Waals surface area contributed by atoms with E-state index in [2.05, 4.69) is 42.8 Å². The molecule has 1 aromatic rings. The summed E-state index contributed by atoms with van der Waals surface area (Å²) in [7, 11) is 0. The summed E-state index contributed by atoms with van der Waals surface area (Å²) in [6.07, 6.45) is 6.37. The molecule has 0 spiro atoms. The van der Waals surface area contributed by atoms with E-state index in [1.54, 1.807) is 5.56 Å². The van der Waals surface area contributed by atoms with Crippen molar-refractivity contribution in [2.75, 3.05) is 18.6 Å². The van der Waals surface area contributed by atoms with Crippen molar-refractivity contribution in [3.05, 3.63) is 35.4 Å². The Morgan fingerprint density at radius 3 is 2.71 bits per heavy atom. The molecule has 1 saturated carbocycles. The lowest BCUT2D eigenvalue weighted by Crippen LogP contribution is -2.25. The van der Waals surface area contributed by atoms with E-state index >= 15 is 0 Å². The van der Waals surface area contributed by atoms with Gasteiger partial charge >= 0.3 is 0 Å². The molecule has 1 nitrogen and oxygen atoms in total. The molecule has 1 unspecified atom stereocenters. The molecular formula is C15H23NS. The molecule has 0 bridgehead atoms. The van der Waals surface area contributed by atoms with E-state index in [0.717, 1.165) is 18.2 Å². The number of thioether (sulfide) groups is 1. The van der Waals surface area contributed by atoms with Crippen molar-refractivity contribution in [2.45, 2.75) is 38.1 Å². The normalized spacial score (nSPS) is 17.8. The number of nitrogens with one attached hydrogen (secondary N) is 1. The Bertz CT molecular complexity index is 341. The summed E-state index contributed by atoms with van der Waals surface area (Å²) in [5.74, 6) is 1.99. The first kappa shape index (κ1) is 13.0. The van der Waals surface area contributed by atoms with Crippen molar-refractivity contribution >= 4 is 11.8 Å². The molecule has 2 rings (SSSR count). The van der Waals surface area contributed by atoms with E-state index in [4.69, 9.17) is 0 Å². The lowest BCUT2D eigenvalue weighted by atomic mass is 9.77. The van der Waals surface area contributed by atoms with Crippen LogP contribution in [0.15, 0.2) is 24.3 Å². The molecule has 0 radical (unpaired) electrons. The second kappa shape index (κ2) is 6.46. The van der Waals surface area contributed by atoms with Crippen LogP contribution < -0.4 is 5.32 Å². The smallest absolute Gasteiger partial charge is 0.0414 e. The Labute approximate surface area is 109 Å². The predicted molar refractivity (Wildman–Crippen MR) is 77.8 cm³/mol. The highest BCUT2D eigenvalue weighted by Gasteiger charge is 2.24. The highest BCUT2D eigenvalue weighted by molar-refractivity contribution is 7.98. The van der Waals surface area contributed by atoms with Crippen molar-refractivity contribution in [1.29, 1.82) is 0 Å². The van der Waals surface area contributed by atoms with Gasteiger partial charge in [0, 0.05) is 11.8 Å². The van der Waals surface area contributed by atoms with Gasteiger partial charge in [0.1, 0.15) is 0 Å². The molecule has 1 aliphatic carbocycles. The minimum absolute atomic E-state index is 0.520. The first-order chi connectivity index (χ1) is 8.36. The van der Waals surface area contributed by atoms with Crippen molar-refractivity contribution < 1.29 is 0 Å². The van der Waals surface area contributed by atoms with E-state index in [1.807, 2.05) is 11.8 Å². The zero-order valence-electron chi connectivity index (χ0n) is 10.9. The Balaban J connectivity index is 2.21. The molecule has 17 heavy (non-hydrogen) atoms. The molecule has 2 heteroatoms. The van der Waals surface area contributed by atoms with Crippen LogP contribution in [0.5, 0.6) is 0 Å². The summed E-state index contributed by atoms with van der Waals surface area (Å²) in [6, 6.07) is 9.55. The average Bonchev–Trinajstić information content (AvgIpc) is 2.27. The standard InChI is InChI=1S/C15H23NS/c1-3-16-15(11-17-2)14-10-5-4-9-13(14)12-7-6-8-12/h4-5,9-10,12,15-16H,3,6-8,11H2,1-2H3. The summed E-state index contributed by atoms with van der Waals surface area (Å²) in [6.45, 7) is 3.24. The van der Waals surface area contributed by atoms with Gasteiger partial charge in [0.05, 0.1) is 0 Å². The van der Waals surface area contributed by atoms with Gasteiger partial charge in [0.2, 0.25) is 0 Å². The first-order valence-electron chi connectivity index (χ1n) is 6.68. The van der Waals surface area contributed by atoms with Crippen molar-refractivity contribution in [2.24, 2.45) is 0 Å². The maximum atomic E-state index is 3.62. The summed E-state index contributed by atoms with van der Waals surface area (Å²) in [5.41, 5.74) is 3.13. The molecule has 0 amide bonds. The largest absolute Gasteiger partial charge is 0.310 e. The fraction of sp³-hybridized carbons (Fsp3) is 0.600. The highest BCUT2D eigenvalue weighted by Crippen LogP contribution is 2.39. The molecule has 0 saturated heterocycles. The summed E-state index contributed by atoms with van der Waals surface area (Å²) in [4.78, 5) is 0. The lowest BCUT2D eigenvalue weighted by molar-refractivity contribution is 0.413. The fourth-order valence-electron chi connectivity index (χ4n) is 2.59. The Hall–Kier alpha value is -0.470. The van der Waals surface area contributed by atoms with Crippen molar-refractivity contribution in [3.63, 3.8) is 0 Å². The summed E-state index contributed by atoms with van der Waals surface area (Å²) in [5, 5.41) is 3.62. The Morgan fingerprint density at radius 2 is 2.12 bits per heavy atom. The van der Waals surface area contributed by atoms with E-state index in [9.17, 15) is 0 Å². The predicted octanol–water partition coefficient (Wildman–Crippen LogP) is 3.97. The Morgan fingerprint density at radius 1 is 1.35 bits per heavy atom. The molecule has 94 valence electrons. The number of benzene rings is 1. The highest BCUT2D eigenvalue weighted by atomic mass is 32.2. The van der Waals surface area contributed by atoms with E-state index in [0.29, 0.717) is 6.04 Å². The van der Waals surface area contributed by atoms with Crippen LogP contribution in [-0.2, 0) is 0 Å². The quantitative estimate of drug-likeness (QED) is 0.819. The minimum atomic E-state index is 0.520. The van der Waals surface area contributed by atoms with E-state index in [-0.39, 0.29) is 0 Å². The minimum Gasteiger partial charge on any atom is -0.310 e. The summed E-state index contributed by atoms with van der Waals surface area (Å²) < 4.78 is 0. The van der Waals surface area contributed by atoms with Gasteiger partial charge in [-0.25, -0.2) is 0 Å². The van der Waals surface area contributed by atoms with Gasteiger partial charge in [0.15, 0.2) is 0 Å².